The molecule has 86 valence electrons. The lowest BCUT2D eigenvalue weighted by molar-refractivity contribution is -0.319. The van der Waals surface area contributed by atoms with Crippen molar-refractivity contribution in [3.63, 3.8) is 0 Å². The van der Waals surface area contributed by atoms with Crippen molar-refractivity contribution in [2.24, 2.45) is 0 Å². The quantitative estimate of drug-likeness (QED) is 0.672. The minimum Gasteiger partial charge on any atom is -0.375 e. The third kappa shape index (κ3) is 3.00. The molecule has 0 radical (unpaired) electrons. The van der Waals surface area contributed by atoms with Crippen LogP contribution in [0, 0.1) is 0 Å². The fourth-order valence-electron chi connectivity index (χ4n) is 0.737. The number of ether oxygens (including phenoxy) is 1. The van der Waals surface area contributed by atoms with Gasteiger partial charge in [-0.1, -0.05) is 0 Å². The van der Waals surface area contributed by atoms with E-state index in [-0.39, 0.29) is 0 Å². The average Bonchev–Trinajstić information content (AvgIpc) is 1.97. The number of alkyl halides is 7. The van der Waals surface area contributed by atoms with Crippen LogP contribution in [0.2, 0.25) is 0 Å². The van der Waals surface area contributed by atoms with Crippen LogP contribution in [0.25, 0.3) is 0 Å². The molecule has 0 aromatic heterocycles. The van der Waals surface area contributed by atoms with Crippen molar-refractivity contribution in [3.8, 4) is 0 Å². The van der Waals surface area contributed by atoms with Gasteiger partial charge in [-0.2, -0.15) is 22.0 Å². The van der Waals surface area contributed by atoms with Gasteiger partial charge in [-0.15, -0.1) is 0 Å². The minimum absolute atomic E-state index is 0.521. The Balaban J connectivity index is 4.66. The molecule has 0 heterocycles. The van der Waals surface area contributed by atoms with Crippen LogP contribution in [0.15, 0.2) is 0 Å². The Morgan fingerprint density at radius 3 is 1.71 bits per heavy atom. The van der Waals surface area contributed by atoms with E-state index in [9.17, 15) is 30.7 Å². The molecule has 0 aliphatic heterocycles. The van der Waals surface area contributed by atoms with Gasteiger partial charge >= 0.3 is 12.1 Å². The smallest absolute Gasteiger partial charge is 0.375 e. The molecule has 1 nitrogen and oxygen atoms in total. The Morgan fingerprint density at radius 2 is 1.50 bits per heavy atom. The maximum absolute atomic E-state index is 12.4. The molecule has 0 aliphatic rings. The van der Waals surface area contributed by atoms with E-state index in [0.29, 0.717) is 7.11 Å². The number of halogens is 7. The van der Waals surface area contributed by atoms with Gasteiger partial charge in [-0.25, -0.2) is 8.78 Å². The third-order valence-electron chi connectivity index (χ3n) is 1.46. The van der Waals surface area contributed by atoms with Gasteiger partial charge in [0.2, 0.25) is 6.43 Å². The lowest BCUT2D eigenvalue weighted by atomic mass is 10.1. The summed E-state index contributed by atoms with van der Waals surface area (Å²) < 4.78 is 86.6. The first-order chi connectivity index (χ1) is 6.13. The normalized spacial score (nSPS) is 16.1. The molecule has 0 N–H and O–H groups in total. The summed E-state index contributed by atoms with van der Waals surface area (Å²) in [6.07, 6.45) is -13.7. The molecular formula is C6H7F7O. The summed E-state index contributed by atoms with van der Waals surface area (Å²) in [6, 6.07) is 0. The monoisotopic (exact) mass is 228 g/mol. The topological polar surface area (TPSA) is 9.23 Å². The van der Waals surface area contributed by atoms with Crippen LogP contribution in [-0.2, 0) is 4.74 Å². The van der Waals surface area contributed by atoms with Crippen molar-refractivity contribution < 1.29 is 35.5 Å². The highest BCUT2D eigenvalue weighted by Gasteiger charge is 2.63. The van der Waals surface area contributed by atoms with Crippen molar-refractivity contribution >= 4 is 0 Å². The Hall–Kier alpha value is -0.530. The molecule has 0 saturated heterocycles. The molecule has 0 aromatic rings. The standard InChI is InChI=1S/C6H7F7O/c1-14-3(2-4(7)8)5(9,10)6(11,12)13/h3-4H,2H2,1H3. The first kappa shape index (κ1) is 13.5. The van der Waals surface area contributed by atoms with Gasteiger partial charge in [0.15, 0.2) is 0 Å². The molecule has 0 aliphatic carbocycles. The van der Waals surface area contributed by atoms with E-state index in [0.717, 1.165) is 0 Å². The Morgan fingerprint density at radius 1 is 1.07 bits per heavy atom. The van der Waals surface area contributed by atoms with E-state index in [2.05, 4.69) is 4.74 Å². The summed E-state index contributed by atoms with van der Waals surface area (Å²) in [5.74, 6) is -5.27. The summed E-state index contributed by atoms with van der Waals surface area (Å²) >= 11 is 0. The highest BCUT2D eigenvalue weighted by atomic mass is 19.4. The predicted octanol–water partition coefficient (Wildman–Crippen LogP) is 2.85. The van der Waals surface area contributed by atoms with Crippen LogP contribution in [0.3, 0.4) is 0 Å². The Kier molecular flexibility index (Phi) is 4.16. The highest BCUT2D eigenvalue weighted by Crippen LogP contribution is 2.40. The molecular weight excluding hydrogens is 221 g/mol. The molecule has 0 saturated carbocycles. The molecule has 0 fully saturated rings. The van der Waals surface area contributed by atoms with Crippen molar-refractivity contribution in [1.29, 1.82) is 0 Å². The number of rotatable bonds is 4. The first-order valence-corrected chi connectivity index (χ1v) is 3.38. The second kappa shape index (κ2) is 4.33. The van der Waals surface area contributed by atoms with Gasteiger partial charge in [-0.3, -0.25) is 0 Å². The van der Waals surface area contributed by atoms with E-state index in [1.165, 1.54) is 0 Å². The molecule has 1 atom stereocenters. The summed E-state index contributed by atoms with van der Waals surface area (Å²) in [7, 11) is 0.521. The van der Waals surface area contributed by atoms with Crippen LogP contribution in [-0.4, -0.2) is 31.7 Å². The lowest BCUT2D eigenvalue weighted by Crippen LogP contribution is -2.48. The van der Waals surface area contributed by atoms with Crippen molar-refractivity contribution in [2.75, 3.05) is 7.11 Å². The second-order valence-corrected chi connectivity index (χ2v) is 2.47. The molecule has 1 unspecified atom stereocenters. The number of methoxy groups -OCH3 is 1. The van der Waals surface area contributed by atoms with Gasteiger partial charge < -0.3 is 4.74 Å². The van der Waals surface area contributed by atoms with Crippen LogP contribution >= 0.6 is 0 Å². The zero-order valence-electron chi connectivity index (χ0n) is 6.92. The van der Waals surface area contributed by atoms with Crippen LogP contribution in [0.5, 0.6) is 0 Å². The molecule has 14 heavy (non-hydrogen) atoms. The molecule has 0 amide bonds. The summed E-state index contributed by atoms with van der Waals surface area (Å²) in [5, 5.41) is 0. The third-order valence-corrected chi connectivity index (χ3v) is 1.46. The fraction of sp³-hybridized carbons (Fsp3) is 1.00. The Labute approximate surface area is 74.8 Å². The van der Waals surface area contributed by atoms with Crippen LogP contribution in [0.1, 0.15) is 6.42 Å². The van der Waals surface area contributed by atoms with Crippen molar-refractivity contribution in [1.82, 2.24) is 0 Å². The molecule has 0 rings (SSSR count). The minimum atomic E-state index is -5.89. The molecule has 8 heteroatoms. The first-order valence-electron chi connectivity index (χ1n) is 3.38. The Bertz CT molecular complexity index is 176. The summed E-state index contributed by atoms with van der Waals surface area (Å²) in [6.45, 7) is 0. The second-order valence-electron chi connectivity index (χ2n) is 2.47. The van der Waals surface area contributed by atoms with Gasteiger partial charge in [0.05, 0.1) is 0 Å². The van der Waals surface area contributed by atoms with Crippen molar-refractivity contribution in [3.05, 3.63) is 0 Å². The van der Waals surface area contributed by atoms with E-state index < -0.39 is 31.0 Å². The highest BCUT2D eigenvalue weighted by molar-refractivity contribution is 4.85. The van der Waals surface area contributed by atoms with Gasteiger partial charge in [0.25, 0.3) is 0 Å². The fourth-order valence-corrected chi connectivity index (χ4v) is 0.737. The predicted molar refractivity (Wildman–Crippen MR) is 32.4 cm³/mol. The summed E-state index contributed by atoms with van der Waals surface area (Å²) in [4.78, 5) is 0. The van der Waals surface area contributed by atoms with Gasteiger partial charge in [0, 0.05) is 13.5 Å². The zero-order valence-corrected chi connectivity index (χ0v) is 6.92. The summed E-state index contributed by atoms with van der Waals surface area (Å²) in [5.41, 5.74) is 0. The van der Waals surface area contributed by atoms with Crippen LogP contribution in [0.4, 0.5) is 30.7 Å². The molecule has 0 aromatic carbocycles. The number of hydrogen-bond donors (Lipinski definition) is 0. The zero-order chi connectivity index (χ0) is 11.6. The lowest BCUT2D eigenvalue weighted by Gasteiger charge is -2.27. The van der Waals surface area contributed by atoms with E-state index in [1.807, 2.05) is 0 Å². The molecule has 0 bridgehead atoms. The van der Waals surface area contributed by atoms with E-state index in [1.54, 1.807) is 0 Å². The average molecular weight is 228 g/mol. The maximum atomic E-state index is 12.4. The molecule has 0 spiro atoms. The van der Waals surface area contributed by atoms with Gasteiger partial charge in [-0.05, 0) is 0 Å². The van der Waals surface area contributed by atoms with Gasteiger partial charge in [0.1, 0.15) is 6.10 Å². The largest absolute Gasteiger partial charge is 0.456 e. The van der Waals surface area contributed by atoms with Crippen LogP contribution < -0.4 is 0 Å². The van der Waals surface area contributed by atoms with Crippen molar-refractivity contribution in [2.45, 2.75) is 31.0 Å². The maximum Gasteiger partial charge on any atom is 0.456 e. The number of hydrogen-bond acceptors (Lipinski definition) is 1. The van der Waals surface area contributed by atoms with E-state index in [4.69, 9.17) is 0 Å². The SMILES string of the molecule is COC(CC(F)F)C(F)(F)C(F)(F)F. The van der Waals surface area contributed by atoms with E-state index >= 15 is 0 Å².